The van der Waals surface area contributed by atoms with Gasteiger partial charge < -0.3 is 4.57 Å². The van der Waals surface area contributed by atoms with Crippen LogP contribution in [0.3, 0.4) is 0 Å². The fraction of sp³-hybridized carbons (Fsp3) is 0.214. The van der Waals surface area contributed by atoms with Crippen LogP contribution in [-0.2, 0) is 6.54 Å². The highest BCUT2D eigenvalue weighted by Crippen LogP contribution is 2.13. The zero-order valence-electron chi connectivity index (χ0n) is 10.2. The highest BCUT2D eigenvalue weighted by molar-refractivity contribution is 9.10. The first-order valence-electron chi connectivity index (χ1n) is 5.59. The first-order valence-corrected chi connectivity index (χ1v) is 6.38. The molecule has 1 aromatic carbocycles. The van der Waals surface area contributed by atoms with Crippen LogP contribution in [0.25, 0.3) is 0 Å². The van der Waals surface area contributed by atoms with Crippen LogP contribution in [0.1, 0.15) is 16.7 Å². The molecule has 0 aliphatic carbocycles. The second-order valence-electron chi connectivity index (χ2n) is 4.35. The van der Waals surface area contributed by atoms with Crippen LogP contribution < -0.4 is 5.56 Å². The average Bonchev–Trinajstić information content (AvgIpc) is 2.30. The molecule has 0 N–H and O–H groups in total. The summed E-state index contributed by atoms with van der Waals surface area (Å²) in [4.78, 5) is 12.0. The molecule has 0 aliphatic heterocycles. The van der Waals surface area contributed by atoms with E-state index in [4.69, 9.17) is 0 Å². The van der Waals surface area contributed by atoms with Gasteiger partial charge in [0.25, 0.3) is 5.56 Å². The number of hydrogen-bond donors (Lipinski definition) is 0. The molecule has 0 amide bonds. The van der Waals surface area contributed by atoms with Gasteiger partial charge in [-0.15, -0.1) is 0 Å². The number of aryl methyl sites for hydroxylation is 2. The largest absolute Gasteiger partial charge is 0.310 e. The summed E-state index contributed by atoms with van der Waals surface area (Å²) in [5.74, 6) is -0.282. The lowest BCUT2D eigenvalue weighted by atomic mass is 10.1. The van der Waals surface area contributed by atoms with Gasteiger partial charge >= 0.3 is 0 Å². The number of halogens is 2. The SMILES string of the molecule is Cc1ccc(F)cc1Cn1cc(Br)cc(C)c1=O. The van der Waals surface area contributed by atoms with Crippen LogP contribution in [0.2, 0.25) is 0 Å². The number of hydrogen-bond acceptors (Lipinski definition) is 1. The Morgan fingerprint density at radius 3 is 2.67 bits per heavy atom. The van der Waals surface area contributed by atoms with E-state index in [2.05, 4.69) is 15.9 Å². The molecule has 18 heavy (non-hydrogen) atoms. The molecular weight excluding hydrogens is 297 g/mol. The van der Waals surface area contributed by atoms with E-state index < -0.39 is 0 Å². The van der Waals surface area contributed by atoms with Crippen molar-refractivity contribution in [3.05, 3.63) is 67.8 Å². The Labute approximate surface area is 113 Å². The molecule has 4 heteroatoms. The van der Waals surface area contributed by atoms with Gasteiger partial charge in [-0.05, 0) is 59.1 Å². The maximum atomic E-state index is 13.2. The lowest BCUT2D eigenvalue weighted by Gasteiger charge is -2.10. The van der Waals surface area contributed by atoms with E-state index in [9.17, 15) is 9.18 Å². The molecule has 0 bridgehead atoms. The van der Waals surface area contributed by atoms with Crippen LogP contribution >= 0.6 is 15.9 Å². The number of pyridine rings is 1. The Balaban J connectivity index is 2.46. The summed E-state index contributed by atoms with van der Waals surface area (Å²) in [6.07, 6.45) is 1.72. The molecule has 2 nitrogen and oxygen atoms in total. The molecule has 0 saturated carbocycles. The van der Waals surface area contributed by atoms with Gasteiger partial charge in [-0.1, -0.05) is 6.07 Å². The molecule has 0 unspecified atom stereocenters. The Hall–Kier alpha value is -1.42. The highest BCUT2D eigenvalue weighted by atomic mass is 79.9. The van der Waals surface area contributed by atoms with Gasteiger partial charge in [-0.25, -0.2) is 4.39 Å². The van der Waals surface area contributed by atoms with Gasteiger partial charge in [-0.2, -0.15) is 0 Å². The average molecular weight is 310 g/mol. The van der Waals surface area contributed by atoms with Crippen molar-refractivity contribution < 1.29 is 4.39 Å². The van der Waals surface area contributed by atoms with Gasteiger partial charge in [0.1, 0.15) is 5.82 Å². The third-order valence-corrected chi connectivity index (χ3v) is 3.32. The Bertz CT molecular complexity index is 649. The smallest absolute Gasteiger partial charge is 0.253 e. The van der Waals surface area contributed by atoms with Crippen molar-refractivity contribution in [2.75, 3.05) is 0 Å². The number of rotatable bonds is 2. The number of benzene rings is 1. The second-order valence-corrected chi connectivity index (χ2v) is 5.26. The minimum atomic E-state index is -0.282. The lowest BCUT2D eigenvalue weighted by molar-refractivity contribution is 0.621. The molecule has 0 atom stereocenters. The topological polar surface area (TPSA) is 22.0 Å². The lowest BCUT2D eigenvalue weighted by Crippen LogP contribution is -2.22. The molecule has 94 valence electrons. The summed E-state index contributed by atoms with van der Waals surface area (Å²) in [7, 11) is 0. The molecule has 0 fully saturated rings. The zero-order valence-corrected chi connectivity index (χ0v) is 11.8. The maximum absolute atomic E-state index is 13.2. The van der Waals surface area contributed by atoms with Crippen molar-refractivity contribution in [3.8, 4) is 0 Å². The molecule has 0 saturated heterocycles. The van der Waals surface area contributed by atoms with Gasteiger partial charge in [0, 0.05) is 16.2 Å². The van der Waals surface area contributed by atoms with Crippen molar-refractivity contribution in [2.24, 2.45) is 0 Å². The van der Waals surface area contributed by atoms with E-state index in [1.165, 1.54) is 12.1 Å². The minimum absolute atomic E-state index is 0.0538. The van der Waals surface area contributed by atoms with E-state index in [1.807, 2.05) is 6.92 Å². The van der Waals surface area contributed by atoms with Crippen LogP contribution in [0.15, 0.2) is 39.7 Å². The molecule has 2 aromatic rings. The van der Waals surface area contributed by atoms with Gasteiger partial charge in [0.15, 0.2) is 0 Å². The summed E-state index contributed by atoms with van der Waals surface area (Å²) in [6, 6.07) is 6.39. The van der Waals surface area contributed by atoms with Gasteiger partial charge in [-0.3, -0.25) is 4.79 Å². The van der Waals surface area contributed by atoms with Crippen molar-refractivity contribution >= 4 is 15.9 Å². The predicted molar refractivity (Wildman–Crippen MR) is 73.4 cm³/mol. The predicted octanol–water partition coefficient (Wildman–Crippen LogP) is 3.42. The molecule has 1 heterocycles. The summed E-state index contributed by atoms with van der Waals surface area (Å²) < 4.78 is 15.6. The van der Waals surface area contributed by atoms with Crippen molar-refractivity contribution in [2.45, 2.75) is 20.4 Å². The van der Waals surface area contributed by atoms with Gasteiger partial charge in [0.05, 0.1) is 6.54 Å². The summed E-state index contributed by atoms with van der Waals surface area (Å²) >= 11 is 3.36. The number of nitrogens with zero attached hydrogens (tertiary/aromatic N) is 1. The van der Waals surface area contributed by atoms with E-state index >= 15 is 0 Å². The standard InChI is InChI=1S/C14H13BrFNO/c1-9-3-4-13(16)6-11(9)7-17-8-12(15)5-10(2)14(17)18/h3-6,8H,7H2,1-2H3. The van der Waals surface area contributed by atoms with Crippen LogP contribution in [0, 0.1) is 19.7 Å². The van der Waals surface area contributed by atoms with Crippen molar-refractivity contribution in [1.29, 1.82) is 0 Å². The van der Waals surface area contributed by atoms with Gasteiger partial charge in [0.2, 0.25) is 0 Å². The van der Waals surface area contributed by atoms with E-state index in [-0.39, 0.29) is 11.4 Å². The van der Waals surface area contributed by atoms with Crippen molar-refractivity contribution in [3.63, 3.8) is 0 Å². The molecular formula is C14H13BrFNO. The number of aromatic nitrogens is 1. The van der Waals surface area contributed by atoms with Crippen LogP contribution in [0.4, 0.5) is 4.39 Å². The maximum Gasteiger partial charge on any atom is 0.253 e. The second kappa shape index (κ2) is 5.06. The third-order valence-electron chi connectivity index (χ3n) is 2.88. The summed E-state index contributed by atoms with van der Waals surface area (Å²) in [5, 5.41) is 0. The molecule has 0 aliphatic rings. The van der Waals surface area contributed by atoms with E-state index in [0.29, 0.717) is 12.1 Å². The Morgan fingerprint density at radius 1 is 1.22 bits per heavy atom. The minimum Gasteiger partial charge on any atom is -0.310 e. The normalized spacial score (nSPS) is 10.7. The van der Waals surface area contributed by atoms with E-state index in [0.717, 1.165) is 15.6 Å². The highest BCUT2D eigenvalue weighted by Gasteiger charge is 2.06. The van der Waals surface area contributed by atoms with Crippen LogP contribution in [0.5, 0.6) is 0 Å². The fourth-order valence-electron chi connectivity index (χ4n) is 1.85. The first-order chi connectivity index (χ1) is 8.47. The first kappa shape index (κ1) is 13.0. The molecule has 0 spiro atoms. The van der Waals surface area contributed by atoms with Crippen LogP contribution in [-0.4, -0.2) is 4.57 Å². The monoisotopic (exact) mass is 309 g/mol. The fourth-order valence-corrected chi connectivity index (χ4v) is 2.44. The zero-order chi connectivity index (χ0) is 13.3. The molecule has 1 aromatic heterocycles. The molecule has 2 rings (SSSR count). The summed E-state index contributed by atoms with van der Waals surface area (Å²) in [6.45, 7) is 4.05. The van der Waals surface area contributed by atoms with Crippen molar-refractivity contribution in [1.82, 2.24) is 4.57 Å². The Kier molecular flexibility index (Phi) is 3.66. The molecule has 0 radical (unpaired) electrons. The van der Waals surface area contributed by atoms with E-state index in [1.54, 1.807) is 29.8 Å². The summed E-state index contributed by atoms with van der Waals surface area (Å²) in [5.41, 5.74) is 2.40. The third kappa shape index (κ3) is 2.70. The Morgan fingerprint density at radius 2 is 1.94 bits per heavy atom. The quantitative estimate of drug-likeness (QED) is 0.833.